The number of ketones is 1. The minimum atomic E-state index is 0.00731. The van der Waals surface area contributed by atoms with Crippen LogP contribution in [-0.2, 0) is 0 Å². The summed E-state index contributed by atoms with van der Waals surface area (Å²) in [6.45, 7) is 1.94. The van der Waals surface area contributed by atoms with Gasteiger partial charge < -0.3 is 5.73 Å². The molecule has 2 rings (SSSR count). The molecule has 1 fully saturated rings. The summed E-state index contributed by atoms with van der Waals surface area (Å²) in [6.07, 6.45) is 6.32. The van der Waals surface area contributed by atoms with E-state index in [0.29, 0.717) is 0 Å². The highest BCUT2D eigenvalue weighted by Crippen LogP contribution is 2.27. The van der Waals surface area contributed by atoms with Crippen molar-refractivity contribution in [2.75, 3.05) is 0 Å². The van der Waals surface area contributed by atoms with Gasteiger partial charge in [0.1, 0.15) is 0 Å². The Balaban J connectivity index is 2.24. The van der Waals surface area contributed by atoms with Crippen LogP contribution in [0.15, 0.2) is 18.5 Å². The Morgan fingerprint density at radius 3 is 2.93 bits per heavy atom. The molecule has 1 aromatic heterocycles. The Morgan fingerprint density at radius 2 is 2.33 bits per heavy atom. The highest BCUT2D eigenvalue weighted by Gasteiger charge is 2.31. The first kappa shape index (κ1) is 10.3. The molecule has 2 N–H and O–H groups in total. The number of hydrogen-bond acceptors (Lipinski definition) is 3. The minimum Gasteiger partial charge on any atom is -0.327 e. The fraction of sp³-hybridized carbons (Fsp3) is 0.500. The van der Waals surface area contributed by atoms with Gasteiger partial charge in [0.25, 0.3) is 0 Å². The maximum absolute atomic E-state index is 12.2. The van der Waals surface area contributed by atoms with Crippen LogP contribution in [0, 0.1) is 12.8 Å². The fourth-order valence-corrected chi connectivity index (χ4v) is 2.24. The first-order valence-electron chi connectivity index (χ1n) is 5.40. The van der Waals surface area contributed by atoms with Crippen molar-refractivity contribution in [2.24, 2.45) is 11.7 Å². The van der Waals surface area contributed by atoms with Crippen molar-refractivity contribution in [3.8, 4) is 0 Å². The number of nitrogens with two attached hydrogens (primary N) is 1. The van der Waals surface area contributed by atoms with Gasteiger partial charge >= 0.3 is 0 Å². The molecule has 0 radical (unpaired) electrons. The molecule has 1 saturated carbocycles. The summed E-state index contributed by atoms with van der Waals surface area (Å²) in [5, 5.41) is 0. The van der Waals surface area contributed by atoms with Gasteiger partial charge in [-0.3, -0.25) is 9.78 Å². The van der Waals surface area contributed by atoms with Crippen molar-refractivity contribution in [3.63, 3.8) is 0 Å². The summed E-state index contributed by atoms with van der Waals surface area (Å²) in [7, 11) is 0. The zero-order chi connectivity index (χ0) is 10.8. The van der Waals surface area contributed by atoms with Crippen LogP contribution in [0.25, 0.3) is 0 Å². The Morgan fingerprint density at radius 1 is 1.53 bits per heavy atom. The maximum Gasteiger partial charge on any atom is 0.169 e. The number of aryl methyl sites for hydroxylation is 1. The smallest absolute Gasteiger partial charge is 0.169 e. The van der Waals surface area contributed by atoms with Crippen molar-refractivity contribution in [1.82, 2.24) is 4.98 Å². The van der Waals surface area contributed by atoms with E-state index in [1.54, 1.807) is 12.4 Å². The van der Waals surface area contributed by atoms with Crippen molar-refractivity contribution in [3.05, 3.63) is 29.6 Å². The first-order chi connectivity index (χ1) is 7.20. The summed E-state index contributed by atoms with van der Waals surface area (Å²) >= 11 is 0. The monoisotopic (exact) mass is 204 g/mol. The second-order valence-electron chi connectivity index (χ2n) is 4.26. The molecule has 80 valence electrons. The Kier molecular flexibility index (Phi) is 2.82. The fourth-order valence-electron chi connectivity index (χ4n) is 2.24. The van der Waals surface area contributed by atoms with E-state index in [-0.39, 0.29) is 17.7 Å². The van der Waals surface area contributed by atoms with E-state index >= 15 is 0 Å². The quantitative estimate of drug-likeness (QED) is 0.746. The van der Waals surface area contributed by atoms with Crippen molar-refractivity contribution >= 4 is 5.78 Å². The van der Waals surface area contributed by atoms with Gasteiger partial charge in [0.15, 0.2) is 5.78 Å². The Labute approximate surface area is 89.7 Å². The number of pyridine rings is 1. The summed E-state index contributed by atoms with van der Waals surface area (Å²) in [4.78, 5) is 16.2. The van der Waals surface area contributed by atoms with Gasteiger partial charge in [0.05, 0.1) is 0 Å². The third kappa shape index (κ3) is 1.92. The molecule has 0 aromatic carbocycles. The van der Waals surface area contributed by atoms with E-state index in [2.05, 4.69) is 4.98 Å². The van der Waals surface area contributed by atoms with Gasteiger partial charge in [0.2, 0.25) is 0 Å². The van der Waals surface area contributed by atoms with Gasteiger partial charge in [-0.15, -0.1) is 0 Å². The van der Waals surface area contributed by atoms with E-state index in [4.69, 9.17) is 5.73 Å². The van der Waals surface area contributed by atoms with Crippen LogP contribution in [0.2, 0.25) is 0 Å². The van der Waals surface area contributed by atoms with Crippen LogP contribution in [0.5, 0.6) is 0 Å². The molecule has 1 heterocycles. The first-order valence-corrected chi connectivity index (χ1v) is 5.40. The Bertz CT molecular complexity index is 376. The third-order valence-corrected chi connectivity index (χ3v) is 3.21. The number of Topliss-reactive ketones (excluding diaryl/α,β-unsaturated/α-hetero) is 1. The van der Waals surface area contributed by atoms with Gasteiger partial charge in [-0.05, 0) is 31.4 Å². The lowest BCUT2D eigenvalue weighted by Crippen LogP contribution is -2.31. The van der Waals surface area contributed by atoms with Crippen LogP contribution < -0.4 is 5.73 Å². The molecule has 1 aliphatic carbocycles. The second-order valence-corrected chi connectivity index (χ2v) is 4.26. The van der Waals surface area contributed by atoms with Crippen LogP contribution in [-0.4, -0.2) is 16.8 Å². The molecule has 0 saturated heterocycles. The van der Waals surface area contributed by atoms with E-state index in [1.165, 1.54) is 0 Å². The molecule has 0 aliphatic heterocycles. The lowest BCUT2D eigenvalue weighted by atomic mass is 9.92. The summed E-state index contributed by atoms with van der Waals surface area (Å²) in [5.74, 6) is 0.179. The number of nitrogens with zero attached hydrogens (tertiary/aromatic N) is 1. The largest absolute Gasteiger partial charge is 0.327 e. The van der Waals surface area contributed by atoms with Gasteiger partial charge in [-0.2, -0.15) is 0 Å². The van der Waals surface area contributed by atoms with Crippen LogP contribution in [0.4, 0.5) is 0 Å². The molecule has 0 amide bonds. The van der Waals surface area contributed by atoms with Crippen LogP contribution in [0.3, 0.4) is 0 Å². The maximum atomic E-state index is 12.2. The van der Waals surface area contributed by atoms with E-state index in [0.717, 1.165) is 30.4 Å². The highest BCUT2D eigenvalue weighted by molar-refractivity contribution is 5.99. The zero-order valence-corrected chi connectivity index (χ0v) is 8.94. The lowest BCUT2D eigenvalue weighted by molar-refractivity contribution is 0.0912. The highest BCUT2D eigenvalue weighted by atomic mass is 16.1. The Hall–Kier alpha value is -1.22. The summed E-state index contributed by atoms with van der Waals surface area (Å²) < 4.78 is 0. The van der Waals surface area contributed by atoms with Crippen molar-refractivity contribution in [2.45, 2.75) is 32.2 Å². The topological polar surface area (TPSA) is 56.0 Å². The van der Waals surface area contributed by atoms with Gasteiger partial charge in [0, 0.05) is 29.9 Å². The molecule has 2 atom stereocenters. The molecule has 0 bridgehead atoms. The second kappa shape index (κ2) is 4.11. The number of hydrogen-bond donors (Lipinski definition) is 1. The molecule has 15 heavy (non-hydrogen) atoms. The average molecular weight is 204 g/mol. The molecular weight excluding hydrogens is 188 g/mol. The van der Waals surface area contributed by atoms with Gasteiger partial charge in [-0.25, -0.2) is 0 Å². The molecular formula is C12H16N2O. The van der Waals surface area contributed by atoms with Crippen molar-refractivity contribution in [1.29, 1.82) is 0 Å². The van der Waals surface area contributed by atoms with Crippen LogP contribution in [0.1, 0.15) is 35.2 Å². The van der Waals surface area contributed by atoms with Crippen molar-refractivity contribution < 1.29 is 4.79 Å². The molecule has 3 heteroatoms. The molecule has 1 aliphatic rings. The number of carbonyl (C=O) groups excluding carboxylic acids is 1. The predicted octanol–water partition coefficient (Wildman–Crippen LogP) is 1.70. The number of carbonyl (C=O) groups is 1. The third-order valence-electron chi connectivity index (χ3n) is 3.21. The minimum absolute atomic E-state index is 0.00731. The zero-order valence-electron chi connectivity index (χ0n) is 8.94. The number of rotatable bonds is 2. The average Bonchev–Trinajstić information content (AvgIpc) is 2.64. The molecule has 0 spiro atoms. The number of aromatic nitrogens is 1. The van der Waals surface area contributed by atoms with E-state index in [9.17, 15) is 4.79 Å². The van der Waals surface area contributed by atoms with E-state index in [1.807, 2.05) is 13.0 Å². The SMILES string of the molecule is Cc1ccncc1C(=O)C1CCCC1N. The summed E-state index contributed by atoms with van der Waals surface area (Å²) in [5.41, 5.74) is 7.66. The molecule has 1 aromatic rings. The normalized spacial score (nSPS) is 25.5. The van der Waals surface area contributed by atoms with Crippen LogP contribution >= 0.6 is 0 Å². The standard InChI is InChI=1S/C12H16N2O/c1-8-5-6-14-7-10(8)12(15)9-3-2-4-11(9)13/h5-7,9,11H,2-4,13H2,1H3. The molecule has 3 nitrogen and oxygen atoms in total. The van der Waals surface area contributed by atoms with Gasteiger partial charge in [-0.1, -0.05) is 6.42 Å². The lowest BCUT2D eigenvalue weighted by Gasteiger charge is -2.14. The summed E-state index contributed by atoms with van der Waals surface area (Å²) in [6, 6.07) is 1.91. The van der Waals surface area contributed by atoms with E-state index < -0.39 is 0 Å². The molecule has 2 unspecified atom stereocenters. The predicted molar refractivity (Wildman–Crippen MR) is 58.6 cm³/mol.